The lowest BCUT2D eigenvalue weighted by Crippen LogP contribution is -2.32. The smallest absolute Gasteiger partial charge is 0.272 e. The lowest BCUT2D eigenvalue weighted by Gasteiger charge is -2.19. The molecule has 0 saturated heterocycles. The number of carbonyl (C=O) groups excluding carboxylic acids is 1. The maximum atomic E-state index is 14.2. The number of nitro groups is 1. The second kappa shape index (κ2) is 7.99. The normalized spacial score (nSPS) is 10.7. The average Bonchev–Trinajstić information content (AvgIpc) is 3.14. The Morgan fingerprint density at radius 2 is 1.86 bits per heavy atom. The van der Waals surface area contributed by atoms with Gasteiger partial charge in [-0.2, -0.15) is 5.10 Å². The molecule has 3 aromatic rings. The fourth-order valence-corrected chi connectivity index (χ4v) is 2.94. The van der Waals surface area contributed by atoms with Crippen LogP contribution in [0.5, 0.6) is 0 Å². The number of amides is 1. The molecule has 1 heterocycles. The van der Waals surface area contributed by atoms with Gasteiger partial charge in [0.1, 0.15) is 11.5 Å². The fourth-order valence-electron chi connectivity index (χ4n) is 2.94. The molecular formula is C20H19FN4O3. The van der Waals surface area contributed by atoms with Crippen LogP contribution >= 0.6 is 0 Å². The first-order valence-electron chi connectivity index (χ1n) is 8.85. The molecule has 0 aliphatic rings. The highest BCUT2D eigenvalue weighted by Gasteiger charge is 2.23. The minimum atomic E-state index is -0.517. The predicted molar refractivity (Wildman–Crippen MR) is 103 cm³/mol. The molecule has 1 aromatic heterocycles. The van der Waals surface area contributed by atoms with Gasteiger partial charge in [0.25, 0.3) is 11.6 Å². The van der Waals surface area contributed by atoms with Crippen LogP contribution in [-0.4, -0.2) is 38.6 Å². The van der Waals surface area contributed by atoms with Crippen LogP contribution in [0.2, 0.25) is 0 Å². The van der Waals surface area contributed by atoms with Gasteiger partial charge in [-0.3, -0.25) is 14.9 Å². The van der Waals surface area contributed by atoms with E-state index in [1.165, 1.54) is 35.0 Å². The summed E-state index contributed by atoms with van der Waals surface area (Å²) >= 11 is 0. The largest absolute Gasteiger partial charge is 0.338 e. The van der Waals surface area contributed by atoms with Crippen LogP contribution in [0.4, 0.5) is 10.1 Å². The van der Waals surface area contributed by atoms with Gasteiger partial charge < -0.3 is 4.90 Å². The van der Waals surface area contributed by atoms with E-state index in [-0.39, 0.29) is 28.5 Å². The summed E-state index contributed by atoms with van der Waals surface area (Å²) in [5.41, 5.74) is 0.969. The molecule has 144 valence electrons. The van der Waals surface area contributed by atoms with Gasteiger partial charge in [-0.25, -0.2) is 9.07 Å². The molecule has 0 aliphatic heterocycles. The zero-order chi connectivity index (χ0) is 20.3. The van der Waals surface area contributed by atoms with E-state index in [2.05, 4.69) is 5.10 Å². The van der Waals surface area contributed by atoms with Gasteiger partial charge in [0.2, 0.25) is 0 Å². The number of hydrogen-bond acceptors (Lipinski definition) is 4. The minimum absolute atomic E-state index is 0.123. The summed E-state index contributed by atoms with van der Waals surface area (Å²) in [6.45, 7) is 4.69. The Labute approximate surface area is 161 Å². The molecule has 7 nitrogen and oxygen atoms in total. The molecule has 28 heavy (non-hydrogen) atoms. The Morgan fingerprint density at radius 3 is 2.50 bits per heavy atom. The third kappa shape index (κ3) is 3.62. The zero-order valence-electron chi connectivity index (χ0n) is 15.5. The van der Waals surface area contributed by atoms with Crippen molar-refractivity contribution in [2.45, 2.75) is 13.8 Å². The maximum Gasteiger partial charge on any atom is 0.272 e. The molecule has 0 saturated carbocycles. The van der Waals surface area contributed by atoms with Crippen molar-refractivity contribution in [1.29, 1.82) is 0 Å². The van der Waals surface area contributed by atoms with Crippen LogP contribution in [0.15, 0.2) is 54.6 Å². The molecule has 1 amide bonds. The molecule has 0 fully saturated rings. The first kappa shape index (κ1) is 19.2. The quantitative estimate of drug-likeness (QED) is 0.475. The zero-order valence-corrected chi connectivity index (χ0v) is 15.5. The molecule has 0 N–H and O–H groups in total. The number of halogens is 1. The second-order valence-corrected chi connectivity index (χ2v) is 6.06. The Morgan fingerprint density at radius 1 is 1.14 bits per heavy atom. The van der Waals surface area contributed by atoms with Gasteiger partial charge in [0.15, 0.2) is 0 Å². The van der Waals surface area contributed by atoms with E-state index in [0.717, 1.165) is 0 Å². The molecule has 2 aromatic carbocycles. The summed E-state index contributed by atoms with van der Waals surface area (Å²) in [5.74, 6) is -0.750. The third-order valence-corrected chi connectivity index (χ3v) is 4.41. The molecule has 0 unspecified atom stereocenters. The minimum Gasteiger partial charge on any atom is -0.338 e. The van der Waals surface area contributed by atoms with Crippen molar-refractivity contribution in [3.8, 4) is 16.9 Å². The monoisotopic (exact) mass is 382 g/mol. The number of nitrogens with zero attached hydrogens (tertiary/aromatic N) is 4. The van der Waals surface area contributed by atoms with E-state index in [9.17, 15) is 19.3 Å². The first-order chi connectivity index (χ1) is 13.5. The highest BCUT2D eigenvalue weighted by atomic mass is 19.1. The third-order valence-electron chi connectivity index (χ3n) is 4.41. The summed E-state index contributed by atoms with van der Waals surface area (Å²) in [6, 6.07) is 13.5. The van der Waals surface area contributed by atoms with Crippen LogP contribution in [0.3, 0.4) is 0 Å². The number of rotatable bonds is 6. The lowest BCUT2D eigenvalue weighted by atomic mass is 10.1. The summed E-state index contributed by atoms with van der Waals surface area (Å²) in [4.78, 5) is 25.2. The standard InChI is InChI=1S/C20H19FN4O3/c1-3-23(4-2)20(26)19-13-18(16-10-5-6-11-17(16)21)22-24(19)14-8-7-9-15(12-14)25(27)28/h5-13H,3-4H2,1-2H3. The van der Waals surface area contributed by atoms with Gasteiger partial charge >= 0.3 is 0 Å². The van der Waals surface area contributed by atoms with E-state index in [1.807, 2.05) is 13.8 Å². The van der Waals surface area contributed by atoms with Gasteiger partial charge in [-0.1, -0.05) is 18.2 Å². The van der Waals surface area contributed by atoms with Gasteiger partial charge in [-0.15, -0.1) is 0 Å². The number of non-ortho nitro benzene ring substituents is 1. The van der Waals surface area contributed by atoms with Gasteiger partial charge in [0.05, 0.1) is 16.3 Å². The van der Waals surface area contributed by atoms with Crippen LogP contribution in [0.25, 0.3) is 16.9 Å². The van der Waals surface area contributed by atoms with Crippen LogP contribution in [0, 0.1) is 15.9 Å². The summed E-state index contributed by atoms with van der Waals surface area (Å²) in [5, 5.41) is 15.5. The van der Waals surface area contributed by atoms with Crippen molar-refractivity contribution < 1.29 is 14.1 Å². The fraction of sp³-hybridized carbons (Fsp3) is 0.200. The van der Waals surface area contributed by atoms with Crippen LogP contribution in [0.1, 0.15) is 24.3 Å². The van der Waals surface area contributed by atoms with Crippen molar-refractivity contribution in [2.24, 2.45) is 0 Å². The Hall–Kier alpha value is -3.55. The number of aromatic nitrogens is 2. The second-order valence-electron chi connectivity index (χ2n) is 6.06. The molecule has 0 radical (unpaired) electrons. The molecule has 0 atom stereocenters. The van der Waals surface area contributed by atoms with Crippen molar-refractivity contribution >= 4 is 11.6 Å². The van der Waals surface area contributed by atoms with Gasteiger partial charge in [-0.05, 0) is 38.1 Å². The van der Waals surface area contributed by atoms with E-state index in [0.29, 0.717) is 18.8 Å². The molecule has 0 bridgehead atoms. The Balaban J connectivity index is 2.19. The van der Waals surface area contributed by atoms with E-state index >= 15 is 0 Å². The average molecular weight is 382 g/mol. The van der Waals surface area contributed by atoms with E-state index in [1.54, 1.807) is 29.2 Å². The van der Waals surface area contributed by atoms with Crippen molar-refractivity contribution in [2.75, 3.05) is 13.1 Å². The van der Waals surface area contributed by atoms with E-state index in [4.69, 9.17) is 0 Å². The molecule has 3 rings (SSSR count). The molecular weight excluding hydrogens is 363 g/mol. The number of nitro benzene ring substituents is 1. The highest BCUT2D eigenvalue weighted by Crippen LogP contribution is 2.26. The predicted octanol–water partition coefficient (Wildman–Crippen LogP) is 4.07. The van der Waals surface area contributed by atoms with Crippen LogP contribution < -0.4 is 0 Å². The first-order valence-corrected chi connectivity index (χ1v) is 8.85. The molecule has 8 heteroatoms. The van der Waals surface area contributed by atoms with Crippen molar-refractivity contribution in [1.82, 2.24) is 14.7 Å². The van der Waals surface area contributed by atoms with Crippen LogP contribution in [-0.2, 0) is 0 Å². The highest BCUT2D eigenvalue weighted by molar-refractivity contribution is 5.94. The number of carbonyl (C=O) groups is 1. The Kier molecular flexibility index (Phi) is 5.49. The van der Waals surface area contributed by atoms with E-state index < -0.39 is 10.7 Å². The molecule has 0 spiro atoms. The lowest BCUT2D eigenvalue weighted by molar-refractivity contribution is -0.384. The van der Waals surface area contributed by atoms with Gasteiger partial charge in [0, 0.05) is 30.8 Å². The summed E-state index contributed by atoms with van der Waals surface area (Å²) in [7, 11) is 0. The molecule has 0 aliphatic carbocycles. The van der Waals surface area contributed by atoms with Crippen molar-refractivity contribution in [3.05, 3.63) is 76.2 Å². The SMILES string of the molecule is CCN(CC)C(=O)c1cc(-c2ccccc2F)nn1-c1cccc([N+](=O)[O-])c1. The van der Waals surface area contributed by atoms with Crippen molar-refractivity contribution in [3.63, 3.8) is 0 Å². The number of benzene rings is 2. The number of hydrogen-bond donors (Lipinski definition) is 0. The topological polar surface area (TPSA) is 81.3 Å². The maximum absolute atomic E-state index is 14.2. The summed E-state index contributed by atoms with van der Waals surface area (Å²) in [6.07, 6.45) is 0. The summed E-state index contributed by atoms with van der Waals surface area (Å²) < 4.78 is 15.6. The Bertz CT molecular complexity index is 1030.